The summed E-state index contributed by atoms with van der Waals surface area (Å²) in [7, 11) is 0. The van der Waals surface area contributed by atoms with Crippen LogP contribution in [0.5, 0.6) is 34.5 Å². The van der Waals surface area contributed by atoms with Gasteiger partial charge in [-0.05, 0) is 60.1 Å². The van der Waals surface area contributed by atoms with E-state index >= 15 is 0 Å². The molecule has 0 saturated heterocycles. The van der Waals surface area contributed by atoms with Crippen LogP contribution in [-0.2, 0) is 0 Å². The Labute approximate surface area is 230 Å². The molecule has 214 valence electrons. The molecular formula is C32H50O6. The van der Waals surface area contributed by atoms with Crippen molar-refractivity contribution in [2.24, 2.45) is 0 Å². The first-order valence-electron chi connectivity index (χ1n) is 14.7. The summed E-state index contributed by atoms with van der Waals surface area (Å²) in [6.45, 7) is 17.4. The molecule has 2 aromatic rings. The molecule has 0 aromatic heterocycles. The van der Waals surface area contributed by atoms with Crippen molar-refractivity contribution >= 4 is 0 Å². The van der Waals surface area contributed by atoms with Crippen LogP contribution in [0.2, 0.25) is 0 Å². The molecule has 38 heavy (non-hydrogen) atoms. The molecule has 0 aliphatic carbocycles. The lowest BCUT2D eigenvalue weighted by Crippen LogP contribution is -2.12. The Hall–Kier alpha value is -2.76. The zero-order chi connectivity index (χ0) is 27.8. The molecule has 0 spiro atoms. The number of hydrogen-bond acceptors (Lipinski definition) is 6. The normalized spacial score (nSPS) is 10.9. The van der Waals surface area contributed by atoms with Crippen LogP contribution in [0.1, 0.15) is 104 Å². The summed E-state index contributed by atoms with van der Waals surface area (Å²) in [5.41, 5.74) is 2.14. The molecule has 0 aliphatic heterocycles. The van der Waals surface area contributed by atoms with Gasteiger partial charge in [0.05, 0.1) is 39.6 Å². The summed E-state index contributed by atoms with van der Waals surface area (Å²) in [6, 6.07) is 8.27. The first-order chi connectivity index (χ1) is 18.6. The van der Waals surface area contributed by atoms with Crippen molar-refractivity contribution in [1.29, 1.82) is 0 Å². The third-order valence-electron chi connectivity index (χ3n) is 6.31. The lowest BCUT2D eigenvalue weighted by molar-refractivity contribution is 0.255. The standard InChI is InChI=1S/C32H50O6/c1-8-15-16-17-18-19-24(25-20-22-27(33-9-2)31(37-13-6)29(25)35-11-4)26-21-23-28(34-10-3)32(38-14-7)30(26)36-12-5/h20-24H,8-19H2,1-7H3. The molecule has 6 nitrogen and oxygen atoms in total. The molecule has 0 radical (unpaired) electrons. The highest BCUT2D eigenvalue weighted by Crippen LogP contribution is 2.51. The summed E-state index contributed by atoms with van der Waals surface area (Å²) in [5, 5.41) is 0. The minimum absolute atomic E-state index is 0.0180. The minimum Gasteiger partial charge on any atom is -0.490 e. The first-order valence-corrected chi connectivity index (χ1v) is 14.7. The number of ether oxygens (including phenoxy) is 6. The van der Waals surface area contributed by atoms with Crippen LogP contribution < -0.4 is 28.4 Å². The van der Waals surface area contributed by atoms with Crippen LogP contribution in [-0.4, -0.2) is 39.6 Å². The molecule has 0 aliphatic rings. The van der Waals surface area contributed by atoms with Gasteiger partial charge in [0.2, 0.25) is 11.5 Å². The molecule has 0 N–H and O–H groups in total. The molecule has 6 heteroatoms. The van der Waals surface area contributed by atoms with Crippen molar-refractivity contribution < 1.29 is 28.4 Å². The highest BCUT2D eigenvalue weighted by Gasteiger charge is 2.29. The summed E-state index contributed by atoms with van der Waals surface area (Å²) in [6.07, 6.45) is 6.94. The zero-order valence-electron chi connectivity index (χ0n) is 24.8. The minimum atomic E-state index is 0.0180. The van der Waals surface area contributed by atoms with E-state index in [0.29, 0.717) is 62.6 Å². The highest BCUT2D eigenvalue weighted by atomic mass is 16.5. The Morgan fingerprint density at radius 1 is 0.447 bits per heavy atom. The molecule has 2 rings (SSSR count). The Bertz CT molecular complexity index is 873. The molecule has 0 unspecified atom stereocenters. The average molecular weight is 531 g/mol. The average Bonchev–Trinajstić information content (AvgIpc) is 2.91. The van der Waals surface area contributed by atoms with E-state index in [2.05, 4.69) is 19.1 Å². The number of rotatable bonds is 20. The fourth-order valence-corrected chi connectivity index (χ4v) is 4.79. The Morgan fingerprint density at radius 3 is 1.24 bits per heavy atom. The Kier molecular flexibility index (Phi) is 14.6. The van der Waals surface area contributed by atoms with Crippen molar-refractivity contribution in [1.82, 2.24) is 0 Å². The smallest absolute Gasteiger partial charge is 0.203 e. The highest BCUT2D eigenvalue weighted by molar-refractivity contribution is 5.63. The van der Waals surface area contributed by atoms with Crippen LogP contribution in [0.4, 0.5) is 0 Å². The number of hydrogen-bond donors (Lipinski definition) is 0. The number of benzene rings is 2. The van der Waals surface area contributed by atoms with Crippen molar-refractivity contribution in [3.05, 3.63) is 35.4 Å². The summed E-state index contributed by atoms with van der Waals surface area (Å²) < 4.78 is 36.7. The summed E-state index contributed by atoms with van der Waals surface area (Å²) >= 11 is 0. The van der Waals surface area contributed by atoms with Gasteiger partial charge >= 0.3 is 0 Å². The Morgan fingerprint density at radius 2 is 0.842 bits per heavy atom. The van der Waals surface area contributed by atoms with Crippen LogP contribution in [0.25, 0.3) is 0 Å². The first kappa shape index (κ1) is 31.5. The third-order valence-corrected chi connectivity index (χ3v) is 6.31. The van der Waals surface area contributed by atoms with E-state index in [1.165, 1.54) is 25.7 Å². The summed E-state index contributed by atoms with van der Waals surface area (Å²) in [4.78, 5) is 0. The molecule has 2 aromatic carbocycles. The fraction of sp³-hybridized carbons (Fsp3) is 0.625. The second-order valence-electron chi connectivity index (χ2n) is 8.98. The van der Waals surface area contributed by atoms with Crippen LogP contribution in [0.15, 0.2) is 24.3 Å². The second-order valence-corrected chi connectivity index (χ2v) is 8.98. The molecule has 0 bridgehead atoms. The van der Waals surface area contributed by atoms with Gasteiger partial charge in [0, 0.05) is 17.0 Å². The summed E-state index contributed by atoms with van der Waals surface area (Å²) in [5.74, 6) is 4.24. The third kappa shape index (κ3) is 8.37. The van der Waals surface area contributed by atoms with Gasteiger partial charge in [0.1, 0.15) is 0 Å². The van der Waals surface area contributed by atoms with Crippen LogP contribution >= 0.6 is 0 Å². The van der Waals surface area contributed by atoms with Crippen LogP contribution in [0.3, 0.4) is 0 Å². The van der Waals surface area contributed by atoms with E-state index in [-0.39, 0.29) is 5.92 Å². The van der Waals surface area contributed by atoms with Gasteiger partial charge in [-0.1, -0.05) is 51.2 Å². The van der Waals surface area contributed by atoms with Gasteiger partial charge in [0.25, 0.3) is 0 Å². The predicted molar refractivity (Wildman–Crippen MR) is 155 cm³/mol. The quantitative estimate of drug-likeness (QED) is 0.160. The second kappa shape index (κ2) is 17.7. The molecule has 0 heterocycles. The maximum absolute atomic E-state index is 6.29. The molecule has 0 saturated carbocycles. The Balaban J connectivity index is 2.75. The van der Waals surface area contributed by atoms with E-state index in [0.717, 1.165) is 35.5 Å². The van der Waals surface area contributed by atoms with E-state index in [4.69, 9.17) is 28.4 Å². The van der Waals surface area contributed by atoms with E-state index in [9.17, 15) is 0 Å². The largest absolute Gasteiger partial charge is 0.490 e. The van der Waals surface area contributed by atoms with Crippen molar-refractivity contribution in [3.63, 3.8) is 0 Å². The van der Waals surface area contributed by atoms with Gasteiger partial charge in [-0.25, -0.2) is 0 Å². The molecular weight excluding hydrogens is 480 g/mol. The van der Waals surface area contributed by atoms with Crippen molar-refractivity contribution in [3.8, 4) is 34.5 Å². The van der Waals surface area contributed by atoms with Gasteiger partial charge in [-0.2, -0.15) is 0 Å². The van der Waals surface area contributed by atoms with Crippen molar-refractivity contribution in [2.45, 2.75) is 92.9 Å². The van der Waals surface area contributed by atoms with E-state index < -0.39 is 0 Å². The maximum Gasteiger partial charge on any atom is 0.203 e. The zero-order valence-corrected chi connectivity index (χ0v) is 24.8. The van der Waals surface area contributed by atoms with Gasteiger partial charge < -0.3 is 28.4 Å². The topological polar surface area (TPSA) is 55.4 Å². The SMILES string of the molecule is CCCCCCCC(c1ccc(OCC)c(OCC)c1OCC)c1ccc(OCC)c(OCC)c1OCC. The molecule has 0 atom stereocenters. The van der Waals surface area contributed by atoms with Gasteiger partial charge in [-0.3, -0.25) is 0 Å². The van der Waals surface area contributed by atoms with Gasteiger partial charge in [0.15, 0.2) is 23.0 Å². The molecule has 0 fully saturated rings. The number of unbranched alkanes of at least 4 members (excludes halogenated alkanes) is 4. The monoisotopic (exact) mass is 530 g/mol. The van der Waals surface area contributed by atoms with Gasteiger partial charge in [-0.15, -0.1) is 0 Å². The lowest BCUT2D eigenvalue weighted by Gasteiger charge is -2.27. The lowest BCUT2D eigenvalue weighted by atomic mass is 9.85. The van der Waals surface area contributed by atoms with Crippen molar-refractivity contribution in [2.75, 3.05) is 39.6 Å². The predicted octanol–water partition coefficient (Wildman–Crippen LogP) is 8.57. The maximum atomic E-state index is 6.29. The molecule has 0 amide bonds. The van der Waals surface area contributed by atoms with E-state index in [1.54, 1.807) is 0 Å². The van der Waals surface area contributed by atoms with E-state index in [1.807, 2.05) is 53.7 Å². The van der Waals surface area contributed by atoms with Crippen LogP contribution in [0, 0.1) is 0 Å². The fourth-order valence-electron chi connectivity index (χ4n) is 4.79.